The molecule has 2 aliphatic rings. The molecule has 11 heavy (non-hydrogen) atoms. The van der Waals surface area contributed by atoms with Crippen LogP contribution in [-0.2, 0) is 0 Å². The monoisotopic (exact) mass is 143 g/mol. The summed E-state index contributed by atoms with van der Waals surface area (Å²) in [7, 11) is 0. The van der Waals surface area contributed by atoms with E-state index >= 15 is 0 Å². The second kappa shape index (κ2) is 1.50. The maximum Gasteiger partial charge on any atom is 0.0454 e. The Morgan fingerprint density at radius 2 is 2.27 bits per heavy atom. The molecule has 0 bridgehead atoms. The van der Waals surface area contributed by atoms with E-state index in [0.717, 1.165) is 0 Å². The van der Waals surface area contributed by atoms with Crippen LogP contribution in [0.15, 0.2) is 24.4 Å². The Hall–Kier alpha value is -1.24. The fourth-order valence-electron chi connectivity index (χ4n) is 1.88. The first-order chi connectivity index (χ1) is 5.38. The number of nitrogens with one attached hydrogen (secondary N) is 1. The number of anilines is 1. The van der Waals surface area contributed by atoms with Crippen LogP contribution in [0.5, 0.6) is 0 Å². The Balaban J connectivity index is 2.34. The molecule has 1 aliphatic carbocycles. The van der Waals surface area contributed by atoms with Gasteiger partial charge in [-0.2, -0.15) is 0 Å². The molecular weight excluding hydrogens is 134 g/mol. The number of aryl methyl sites for hydroxylation is 1. The van der Waals surface area contributed by atoms with Crippen molar-refractivity contribution in [3.05, 3.63) is 41.1 Å². The lowest BCUT2D eigenvalue weighted by Gasteiger charge is -2.06. The first-order valence-electron chi connectivity index (χ1n) is 3.94. The highest BCUT2D eigenvalue weighted by atomic mass is 14.9. The van der Waals surface area contributed by atoms with Crippen molar-refractivity contribution in [1.82, 2.24) is 0 Å². The number of benzene rings is 1. The minimum Gasteiger partial charge on any atom is -0.361 e. The number of allylic oxidation sites excluding steroid dienone is 1. The summed E-state index contributed by atoms with van der Waals surface area (Å²) in [6.07, 6.45) is 4.27. The van der Waals surface area contributed by atoms with Gasteiger partial charge in [0.05, 0.1) is 0 Å². The molecule has 1 heterocycles. The molecule has 1 aromatic carbocycles. The molecule has 0 saturated carbocycles. The SMILES string of the molecule is Cc1ccc2c3c1NC=CC23. The van der Waals surface area contributed by atoms with Crippen LogP contribution in [0.2, 0.25) is 0 Å². The largest absolute Gasteiger partial charge is 0.361 e. The summed E-state index contributed by atoms with van der Waals surface area (Å²) in [5.74, 6) is 0.653. The molecule has 1 N–H and O–H groups in total. The molecule has 1 unspecified atom stereocenters. The highest BCUT2D eigenvalue weighted by Crippen LogP contribution is 2.52. The molecule has 0 spiro atoms. The van der Waals surface area contributed by atoms with Crippen molar-refractivity contribution in [1.29, 1.82) is 0 Å². The topological polar surface area (TPSA) is 12.0 Å². The van der Waals surface area contributed by atoms with E-state index in [1.165, 1.54) is 22.4 Å². The number of rotatable bonds is 0. The van der Waals surface area contributed by atoms with E-state index in [1.54, 1.807) is 0 Å². The standard InChI is InChI=1S/C10H9N/c1-6-2-3-7-8-4-5-11-10(6)9(7)8/h2-5,8,11H,1H3. The molecule has 54 valence electrons. The zero-order valence-electron chi connectivity index (χ0n) is 6.39. The van der Waals surface area contributed by atoms with Gasteiger partial charge in [0.2, 0.25) is 0 Å². The van der Waals surface area contributed by atoms with Crippen molar-refractivity contribution >= 4 is 5.69 Å². The Labute approximate surface area is 65.7 Å². The predicted molar refractivity (Wildman–Crippen MR) is 45.8 cm³/mol. The van der Waals surface area contributed by atoms with Gasteiger partial charge in [-0.25, -0.2) is 0 Å². The second-order valence-corrected chi connectivity index (χ2v) is 3.24. The summed E-state index contributed by atoms with van der Waals surface area (Å²) < 4.78 is 0. The summed E-state index contributed by atoms with van der Waals surface area (Å²) in [6, 6.07) is 4.42. The molecule has 1 aliphatic heterocycles. The summed E-state index contributed by atoms with van der Waals surface area (Å²) in [6.45, 7) is 2.15. The zero-order chi connectivity index (χ0) is 7.42. The fourth-order valence-corrected chi connectivity index (χ4v) is 1.88. The quantitative estimate of drug-likeness (QED) is 0.588. The van der Waals surface area contributed by atoms with Gasteiger partial charge < -0.3 is 5.32 Å². The average molecular weight is 143 g/mol. The number of hydrogen-bond donors (Lipinski definition) is 1. The summed E-state index contributed by atoms with van der Waals surface area (Å²) >= 11 is 0. The van der Waals surface area contributed by atoms with Gasteiger partial charge in [0, 0.05) is 11.6 Å². The van der Waals surface area contributed by atoms with Crippen LogP contribution in [0, 0.1) is 6.92 Å². The Morgan fingerprint density at radius 3 is 3.09 bits per heavy atom. The predicted octanol–water partition coefficient (Wildman–Crippen LogP) is 2.38. The lowest BCUT2D eigenvalue weighted by Crippen LogP contribution is -1.93. The molecule has 0 saturated heterocycles. The second-order valence-electron chi connectivity index (χ2n) is 3.24. The molecule has 1 nitrogen and oxygen atoms in total. The molecule has 3 rings (SSSR count). The van der Waals surface area contributed by atoms with E-state index in [9.17, 15) is 0 Å². The maximum atomic E-state index is 3.28. The smallest absolute Gasteiger partial charge is 0.0454 e. The van der Waals surface area contributed by atoms with Crippen LogP contribution in [0.25, 0.3) is 0 Å². The van der Waals surface area contributed by atoms with E-state index in [2.05, 4.69) is 30.4 Å². The van der Waals surface area contributed by atoms with Crippen molar-refractivity contribution in [3.63, 3.8) is 0 Å². The molecule has 0 radical (unpaired) electrons. The molecule has 0 amide bonds. The third-order valence-corrected chi connectivity index (χ3v) is 2.57. The van der Waals surface area contributed by atoms with E-state index in [0.29, 0.717) is 5.92 Å². The maximum absolute atomic E-state index is 3.28. The highest BCUT2D eigenvalue weighted by Gasteiger charge is 2.35. The Kier molecular flexibility index (Phi) is 0.738. The van der Waals surface area contributed by atoms with E-state index in [-0.39, 0.29) is 0 Å². The van der Waals surface area contributed by atoms with Crippen LogP contribution in [0.3, 0.4) is 0 Å². The van der Waals surface area contributed by atoms with Gasteiger partial charge in [0.25, 0.3) is 0 Å². The van der Waals surface area contributed by atoms with E-state index < -0.39 is 0 Å². The highest BCUT2D eigenvalue weighted by molar-refractivity contribution is 5.77. The average Bonchev–Trinajstić information content (AvgIpc) is 2.73. The zero-order valence-corrected chi connectivity index (χ0v) is 6.39. The number of fused-ring (bicyclic) bond motifs is 1. The molecule has 1 heteroatoms. The Morgan fingerprint density at radius 1 is 1.36 bits per heavy atom. The molecule has 0 fully saturated rings. The van der Waals surface area contributed by atoms with Crippen LogP contribution in [-0.4, -0.2) is 0 Å². The molecule has 0 aromatic heterocycles. The van der Waals surface area contributed by atoms with Crippen molar-refractivity contribution < 1.29 is 0 Å². The minimum atomic E-state index is 0.653. The lowest BCUT2D eigenvalue weighted by atomic mass is 10.2. The first kappa shape index (κ1) is 5.42. The molecule has 1 aromatic rings. The van der Waals surface area contributed by atoms with E-state index in [4.69, 9.17) is 0 Å². The summed E-state index contributed by atoms with van der Waals surface area (Å²) in [5, 5.41) is 3.28. The van der Waals surface area contributed by atoms with Gasteiger partial charge in [-0.3, -0.25) is 0 Å². The van der Waals surface area contributed by atoms with Gasteiger partial charge >= 0.3 is 0 Å². The normalized spacial score (nSPS) is 22.5. The van der Waals surface area contributed by atoms with Crippen molar-refractivity contribution in [3.8, 4) is 0 Å². The fraction of sp³-hybridized carbons (Fsp3) is 0.200. The molecule has 1 atom stereocenters. The van der Waals surface area contributed by atoms with Gasteiger partial charge in [-0.05, 0) is 29.8 Å². The lowest BCUT2D eigenvalue weighted by molar-refractivity contribution is 1.26. The first-order valence-corrected chi connectivity index (χ1v) is 3.94. The number of hydrogen-bond acceptors (Lipinski definition) is 1. The van der Waals surface area contributed by atoms with Crippen LogP contribution < -0.4 is 5.32 Å². The summed E-state index contributed by atoms with van der Waals surface area (Å²) in [5.41, 5.74) is 5.73. The third-order valence-electron chi connectivity index (χ3n) is 2.57. The van der Waals surface area contributed by atoms with Crippen LogP contribution in [0.1, 0.15) is 22.6 Å². The summed E-state index contributed by atoms with van der Waals surface area (Å²) in [4.78, 5) is 0. The van der Waals surface area contributed by atoms with Gasteiger partial charge in [-0.15, -0.1) is 0 Å². The van der Waals surface area contributed by atoms with Gasteiger partial charge in [0.15, 0.2) is 0 Å². The van der Waals surface area contributed by atoms with Crippen LogP contribution in [0.4, 0.5) is 5.69 Å². The van der Waals surface area contributed by atoms with Crippen molar-refractivity contribution in [2.24, 2.45) is 0 Å². The van der Waals surface area contributed by atoms with Crippen LogP contribution >= 0.6 is 0 Å². The third kappa shape index (κ3) is 0.519. The van der Waals surface area contributed by atoms with Crippen molar-refractivity contribution in [2.45, 2.75) is 12.8 Å². The molecular formula is C10H9N. The van der Waals surface area contributed by atoms with Gasteiger partial charge in [-0.1, -0.05) is 18.2 Å². The van der Waals surface area contributed by atoms with Crippen molar-refractivity contribution in [2.75, 3.05) is 5.32 Å². The Bertz CT molecular complexity index is 363. The van der Waals surface area contributed by atoms with Gasteiger partial charge in [0.1, 0.15) is 0 Å². The minimum absolute atomic E-state index is 0.653. The van der Waals surface area contributed by atoms with E-state index in [1.807, 2.05) is 6.20 Å².